The number of benzene rings is 2. The number of rotatable bonds is 4. The van der Waals surface area contributed by atoms with E-state index in [2.05, 4.69) is 9.63 Å². The van der Waals surface area contributed by atoms with Crippen molar-refractivity contribution >= 4 is 47.0 Å². The van der Waals surface area contributed by atoms with E-state index in [9.17, 15) is 34.4 Å². The molecule has 0 aliphatic heterocycles. The summed E-state index contributed by atoms with van der Waals surface area (Å²) >= 11 is 0. The fourth-order valence-electron chi connectivity index (χ4n) is 1.95. The van der Waals surface area contributed by atoms with Crippen molar-refractivity contribution < 1.29 is 38.9 Å². The fraction of sp³-hybridized carbons (Fsp3) is 0. The van der Waals surface area contributed by atoms with E-state index < -0.39 is 51.4 Å². The number of fused-ring (bicyclic) bond motifs is 1. The lowest BCUT2D eigenvalue weighted by Gasteiger charge is -2.09. The largest absolute Gasteiger partial charge is 0.396 e. The number of hydrogen-bond acceptors (Lipinski definition) is 7. The Labute approximate surface area is 136 Å². The van der Waals surface area contributed by atoms with Gasteiger partial charge in [0.15, 0.2) is 0 Å². The maximum Gasteiger partial charge on any atom is 0.396 e. The molecule has 0 fully saturated rings. The van der Waals surface area contributed by atoms with E-state index in [1.54, 1.807) is 0 Å². The van der Waals surface area contributed by atoms with Gasteiger partial charge in [-0.3, -0.25) is 13.7 Å². The van der Waals surface area contributed by atoms with E-state index in [0.29, 0.717) is 0 Å². The van der Waals surface area contributed by atoms with Crippen LogP contribution in [-0.4, -0.2) is 38.9 Å². The van der Waals surface area contributed by atoms with Crippen LogP contribution in [0.15, 0.2) is 49.8 Å². The topological polar surface area (TPSA) is 188 Å². The lowest BCUT2D eigenvalue weighted by molar-refractivity contribution is 0.480. The van der Waals surface area contributed by atoms with E-state index in [1.807, 2.05) is 0 Å². The highest BCUT2D eigenvalue weighted by Gasteiger charge is 2.22. The van der Waals surface area contributed by atoms with Gasteiger partial charge in [0.1, 0.15) is 9.79 Å². The van der Waals surface area contributed by atoms with Crippen LogP contribution in [0.25, 0.3) is 10.8 Å². The van der Waals surface area contributed by atoms with Crippen molar-refractivity contribution in [2.45, 2.75) is 9.79 Å². The van der Waals surface area contributed by atoms with Gasteiger partial charge in [-0.1, -0.05) is 12.1 Å². The Bertz CT molecular complexity index is 1170. The van der Waals surface area contributed by atoms with Crippen LogP contribution in [0.2, 0.25) is 0 Å². The molecule has 0 saturated heterocycles. The molecule has 0 saturated carbocycles. The quantitative estimate of drug-likeness (QED) is 0.504. The van der Waals surface area contributed by atoms with Gasteiger partial charge < -0.3 is 0 Å². The van der Waals surface area contributed by atoms with Gasteiger partial charge in [-0.05, 0) is 22.7 Å². The first-order valence-electron chi connectivity index (χ1n) is 5.72. The molecule has 0 amide bonds. The summed E-state index contributed by atoms with van der Waals surface area (Å²) in [6.07, 6.45) is 0. The lowest BCUT2D eigenvalue weighted by atomic mass is 10.1. The summed E-state index contributed by atoms with van der Waals surface area (Å²) in [6, 6.07) is 4.75. The first kappa shape index (κ1) is 18.4. The standard InChI is InChI=1S/C10H8N2O9S3/c13-22(14,15)8-5-4-7(11-12-24(19,20)21)10-6(8)2-1-3-9(10)23(16,17)18/h1-5H,(H,13,14,15)(H,16,17,18)(H,19,20,21). The molecule has 0 aromatic heterocycles. The zero-order valence-electron chi connectivity index (χ0n) is 11.3. The summed E-state index contributed by atoms with van der Waals surface area (Å²) in [5.41, 5.74) is -0.483. The summed E-state index contributed by atoms with van der Waals surface area (Å²) < 4.78 is 96.6. The van der Waals surface area contributed by atoms with Crippen molar-refractivity contribution in [1.29, 1.82) is 0 Å². The van der Waals surface area contributed by atoms with Crippen molar-refractivity contribution in [2.24, 2.45) is 9.63 Å². The molecular formula is C10H8N2O9S3. The van der Waals surface area contributed by atoms with Crippen LogP contribution in [0.3, 0.4) is 0 Å². The summed E-state index contributed by atoms with van der Waals surface area (Å²) in [4.78, 5) is -1.50. The summed E-state index contributed by atoms with van der Waals surface area (Å²) in [5, 5.41) is 2.26. The van der Waals surface area contributed by atoms with Gasteiger partial charge in [-0.15, -0.1) is 5.11 Å². The van der Waals surface area contributed by atoms with E-state index in [1.165, 1.54) is 0 Å². The van der Waals surface area contributed by atoms with Crippen molar-refractivity contribution in [3.8, 4) is 0 Å². The average Bonchev–Trinajstić information content (AvgIpc) is 2.40. The molecular weight excluding hydrogens is 388 g/mol. The zero-order valence-corrected chi connectivity index (χ0v) is 13.7. The monoisotopic (exact) mass is 396 g/mol. The van der Waals surface area contributed by atoms with Gasteiger partial charge in [-0.25, -0.2) is 0 Å². The van der Waals surface area contributed by atoms with Crippen LogP contribution in [0.5, 0.6) is 0 Å². The molecule has 2 aromatic carbocycles. The molecule has 0 heterocycles. The van der Waals surface area contributed by atoms with Crippen molar-refractivity contribution in [3.05, 3.63) is 30.3 Å². The molecule has 2 aromatic rings. The molecule has 0 bridgehead atoms. The summed E-state index contributed by atoms with van der Waals surface area (Å²) in [5.74, 6) is 0. The van der Waals surface area contributed by atoms with Crippen LogP contribution < -0.4 is 0 Å². The molecule has 0 radical (unpaired) electrons. The smallest absolute Gasteiger partial charge is 0.282 e. The maximum atomic E-state index is 11.5. The second kappa shape index (κ2) is 5.83. The van der Waals surface area contributed by atoms with E-state index >= 15 is 0 Å². The van der Waals surface area contributed by atoms with Crippen LogP contribution >= 0.6 is 0 Å². The average molecular weight is 396 g/mol. The molecule has 0 atom stereocenters. The first-order valence-corrected chi connectivity index (χ1v) is 9.99. The van der Waals surface area contributed by atoms with Gasteiger partial charge in [0, 0.05) is 10.8 Å². The van der Waals surface area contributed by atoms with Crippen LogP contribution in [-0.2, 0) is 30.5 Å². The predicted molar refractivity (Wildman–Crippen MR) is 79.6 cm³/mol. The molecule has 0 unspecified atom stereocenters. The molecule has 24 heavy (non-hydrogen) atoms. The minimum absolute atomic E-state index is 0.362. The Kier molecular flexibility index (Phi) is 4.47. The Balaban J connectivity index is 3.04. The molecule has 130 valence electrons. The lowest BCUT2D eigenvalue weighted by Crippen LogP contribution is -2.03. The minimum atomic E-state index is -4.90. The Morgan fingerprint density at radius 1 is 0.750 bits per heavy atom. The normalized spacial score (nSPS) is 13.6. The van der Waals surface area contributed by atoms with Crippen molar-refractivity contribution in [2.75, 3.05) is 0 Å². The third kappa shape index (κ3) is 3.92. The van der Waals surface area contributed by atoms with E-state index in [0.717, 1.165) is 30.3 Å². The molecule has 0 aliphatic carbocycles. The van der Waals surface area contributed by atoms with Crippen molar-refractivity contribution in [3.63, 3.8) is 0 Å². The predicted octanol–water partition coefficient (Wildman–Crippen LogP) is 1.22. The highest BCUT2D eigenvalue weighted by atomic mass is 32.2. The molecule has 2 rings (SSSR count). The van der Waals surface area contributed by atoms with Gasteiger partial charge >= 0.3 is 10.3 Å². The van der Waals surface area contributed by atoms with E-state index in [-0.39, 0.29) is 5.39 Å². The third-order valence-electron chi connectivity index (χ3n) is 2.75. The molecule has 0 spiro atoms. The highest BCUT2D eigenvalue weighted by molar-refractivity contribution is 7.86. The van der Waals surface area contributed by atoms with Crippen LogP contribution in [0, 0.1) is 0 Å². The fourth-order valence-corrected chi connectivity index (χ4v) is 3.55. The molecule has 3 N–H and O–H groups in total. The summed E-state index contributed by atoms with van der Waals surface area (Å²) in [7, 11) is -14.5. The highest BCUT2D eigenvalue weighted by Crippen LogP contribution is 2.36. The van der Waals surface area contributed by atoms with Gasteiger partial charge in [-0.2, -0.15) is 25.3 Å². The minimum Gasteiger partial charge on any atom is -0.282 e. The van der Waals surface area contributed by atoms with Crippen LogP contribution in [0.4, 0.5) is 5.69 Å². The number of nitrogens with zero attached hydrogens (tertiary/aromatic N) is 2. The third-order valence-corrected chi connectivity index (χ3v) is 4.84. The molecule has 11 nitrogen and oxygen atoms in total. The summed E-state index contributed by atoms with van der Waals surface area (Å²) in [6.45, 7) is 0. The van der Waals surface area contributed by atoms with Crippen molar-refractivity contribution in [1.82, 2.24) is 0 Å². The second-order valence-electron chi connectivity index (χ2n) is 4.34. The Morgan fingerprint density at radius 2 is 1.33 bits per heavy atom. The van der Waals surface area contributed by atoms with Gasteiger partial charge in [0.05, 0.1) is 5.69 Å². The molecule has 14 heteroatoms. The Hall–Kier alpha value is -1.97. The van der Waals surface area contributed by atoms with Gasteiger partial charge in [0.25, 0.3) is 20.2 Å². The van der Waals surface area contributed by atoms with E-state index in [4.69, 9.17) is 4.55 Å². The maximum absolute atomic E-state index is 11.5. The number of hydrogen-bond donors (Lipinski definition) is 3. The molecule has 0 aliphatic rings. The second-order valence-corrected chi connectivity index (χ2v) is 8.18. The Morgan fingerprint density at radius 3 is 1.83 bits per heavy atom. The SMILES string of the molecule is O=S(=O)(O)N=Nc1ccc(S(=O)(=O)O)c2cccc(S(=O)(=O)O)c12. The van der Waals surface area contributed by atoms with Gasteiger partial charge in [0.2, 0.25) is 0 Å². The van der Waals surface area contributed by atoms with Crippen LogP contribution in [0.1, 0.15) is 0 Å². The first-order chi connectivity index (χ1) is 10.8. The zero-order chi connectivity index (χ0) is 18.3.